The molecule has 0 unspecified atom stereocenters. The van der Waals surface area contributed by atoms with Crippen LogP contribution in [0.3, 0.4) is 0 Å². The molecule has 32 heavy (non-hydrogen) atoms. The maximum atomic E-state index is 12.9. The molecule has 0 saturated carbocycles. The van der Waals surface area contributed by atoms with E-state index in [9.17, 15) is 26.4 Å². The Morgan fingerprint density at radius 2 is 1.72 bits per heavy atom. The van der Waals surface area contributed by atoms with E-state index in [-0.39, 0.29) is 5.91 Å². The standard InChI is InChI=1S/C22H24F3N3O3S/c1-32(30,31)26-20-8-5-17(6-9-20)7-10-21(29)28-13-11-27(12-14-28)16-18-3-2-4-19(15-18)22(23,24)25/h2-10,15,26H,11-14,16H2,1H3/b10-7+. The highest BCUT2D eigenvalue weighted by Gasteiger charge is 2.30. The summed E-state index contributed by atoms with van der Waals surface area (Å²) in [6.45, 7) is 2.51. The third-order valence-electron chi connectivity index (χ3n) is 4.98. The van der Waals surface area contributed by atoms with Gasteiger partial charge in [0.15, 0.2) is 0 Å². The van der Waals surface area contributed by atoms with E-state index < -0.39 is 21.8 Å². The largest absolute Gasteiger partial charge is 0.416 e. The van der Waals surface area contributed by atoms with Gasteiger partial charge in [-0.15, -0.1) is 0 Å². The maximum Gasteiger partial charge on any atom is 0.416 e. The average molecular weight is 468 g/mol. The van der Waals surface area contributed by atoms with Crippen molar-refractivity contribution in [2.45, 2.75) is 12.7 Å². The van der Waals surface area contributed by atoms with Gasteiger partial charge in [-0.2, -0.15) is 13.2 Å². The van der Waals surface area contributed by atoms with Crippen LogP contribution in [0.2, 0.25) is 0 Å². The number of rotatable bonds is 6. The molecule has 0 spiro atoms. The second-order valence-electron chi connectivity index (χ2n) is 7.63. The SMILES string of the molecule is CS(=O)(=O)Nc1ccc(/C=C/C(=O)N2CCN(Cc3cccc(C(F)(F)F)c3)CC2)cc1. The highest BCUT2D eigenvalue weighted by atomic mass is 32.2. The smallest absolute Gasteiger partial charge is 0.337 e. The lowest BCUT2D eigenvalue weighted by atomic mass is 10.1. The molecule has 1 amide bonds. The second kappa shape index (κ2) is 9.74. The summed E-state index contributed by atoms with van der Waals surface area (Å²) in [7, 11) is -3.35. The molecule has 1 saturated heterocycles. The lowest BCUT2D eigenvalue weighted by molar-refractivity contribution is -0.137. The molecule has 1 heterocycles. The number of sulfonamides is 1. The van der Waals surface area contributed by atoms with Crippen LogP contribution in [0.25, 0.3) is 6.08 Å². The Hall–Kier alpha value is -2.85. The van der Waals surface area contributed by atoms with Crippen molar-refractivity contribution >= 4 is 27.7 Å². The topological polar surface area (TPSA) is 69.7 Å². The van der Waals surface area contributed by atoms with Gasteiger partial charge in [0.05, 0.1) is 11.8 Å². The first-order valence-corrected chi connectivity index (χ1v) is 11.8. The fourth-order valence-electron chi connectivity index (χ4n) is 3.38. The summed E-state index contributed by atoms with van der Waals surface area (Å²) in [6.07, 6.45) is -0.181. The zero-order valence-corrected chi connectivity index (χ0v) is 18.3. The van der Waals surface area contributed by atoms with E-state index in [1.807, 2.05) is 4.90 Å². The number of anilines is 1. The number of piperazine rings is 1. The summed E-state index contributed by atoms with van der Waals surface area (Å²) in [6, 6.07) is 11.9. The van der Waals surface area contributed by atoms with E-state index in [1.165, 1.54) is 12.1 Å². The summed E-state index contributed by atoms with van der Waals surface area (Å²) >= 11 is 0. The molecule has 0 bridgehead atoms. The van der Waals surface area contributed by atoms with Gasteiger partial charge >= 0.3 is 6.18 Å². The molecule has 2 aromatic carbocycles. The van der Waals surface area contributed by atoms with E-state index in [0.717, 1.165) is 24.0 Å². The van der Waals surface area contributed by atoms with Gasteiger partial charge in [0.1, 0.15) is 0 Å². The molecule has 0 radical (unpaired) electrons. The Balaban J connectivity index is 1.50. The molecule has 172 valence electrons. The molecule has 1 aliphatic rings. The van der Waals surface area contributed by atoms with Crippen LogP contribution >= 0.6 is 0 Å². The van der Waals surface area contributed by atoms with Gasteiger partial charge in [0, 0.05) is 44.5 Å². The second-order valence-corrected chi connectivity index (χ2v) is 9.38. The van der Waals surface area contributed by atoms with Crippen LogP contribution in [0.15, 0.2) is 54.6 Å². The number of nitrogens with zero attached hydrogens (tertiary/aromatic N) is 2. The fraction of sp³-hybridized carbons (Fsp3) is 0.318. The molecule has 0 aromatic heterocycles. The third kappa shape index (κ3) is 7.10. The predicted octanol–water partition coefficient (Wildman–Crippen LogP) is 3.43. The minimum absolute atomic E-state index is 0.151. The first kappa shape index (κ1) is 23.8. The van der Waals surface area contributed by atoms with E-state index in [2.05, 4.69) is 4.72 Å². The third-order valence-corrected chi connectivity index (χ3v) is 5.58. The number of hydrogen-bond donors (Lipinski definition) is 1. The van der Waals surface area contributed by atoms with Crippen LogP contribution in [0.1, 0.15) is 16.7 Å². The van der Waals surface area contributed by atoms with Crippen molar-refractivity contribution in [3.05, 3.63) is 71.3 Å². The van der Waals surface area contributed by atoms with Crippen LogP contribution in [0, 0.1) is 0 Å². The summed E-state index contributed by atoms with van der Waals surface area (Å²) in [5, 5.41) is 0. The summed E-state index contributed by atoms with van der Waals surface area (Å²) < 4.78 is 63.5. The molecular formula is C22H24F3N3O3S. The predicted molar refractivity (Wildman–Crippen MR) is 117 cm³/mol. The molecular weight excluding hydrogens is 443 g/mol. The van der Waals surface area contributed by atoms with Crippen LogP contribution in [-0.2, 0) is 27.5 Å². The van der Waals surface area contributed by atoms with Gasteiger partial charge in [-0.05, 0) is 35.4 Å². The van der Waals surface area contributed by atoms with Crippen LogP contribution in [0.5, 0.6) is 0 Å². The monoisotopic (exact) mass is 467 g/mol. The van der Waals surface area contributed by atoms with Gasteiger partial charge in [-0.3, -0.25) is 14.4 Å². The highest BCUT2D eigenvalue weighted by Crippen LogP contribution is 2.29. The first-order valence-electron chi connectivity index (χ1n) is 9.93. The minimum atomic E-state index is -4.36. The minimum Gasteiger partial charge on any atom is -0.337 e. The number of alkyl halides is 3. The molecule has 1 N–H and O–H groups in total. The van der Waals surface area contributed by atoms with Crippen LogP contribution in [-0.4, -0.2) is 56.6 Å². The lowest BCUT2D eigenvalue weighted by Gasteiger charge is -2.34. The van der Waals surface area contributed by atoms with Crippen LogP contribution < -0.4 is 4.72 Å². The molecule has 6 nitrogen and oxygen atoms in total. The number of benzene rings is 2. The summed E-state index contributed by atoms with van der Waals surface area (Å²) in [4.78, 5) is 16.2. The molecule has 0 aliphatic carbocycles. The van der Waals surface area contributed by atoms with Crippen molar-refractivity contribution in [2.75, 3.05) is 37.2 Å². The number of nitrogens with one attached hydrogen (secondary N) is 1. The number of amides is 1. The van der Waals surface area contributed by atoms with Crippen molar-refractivity contribution in [1.82, 2.24) is 9.80 Å². The number of halogens is 3. The zero-order valence-electron chi connectivity index (χ0n) is 17.5. The van der Waals surface area contributed by atoms with E-state index >= 15 is 0 Å². The summed E-state index contributed by atoms with van der Waals surface area (Å²) in [5.74, 6) is -0.151. The quantitative estimate of drug-likeness (QED) is 0.661. The Labute approximate surface area is 185 Å². The number of carbonyl (C=O) groups excluding carboxylic acids is 1. The van der Waals surface area contributed by atoms with Crippen molar-refractivity contribution in [3.8, 4) is 0 Å². The van der Waals surface area contributed by atoms with E-state index in [4.69, 9.17) is 0 Å². The van der Waals surface area contributed by atoms with Gasteiger partial charge in [-0.25, -0.2) is 8.42 Å². The molecule has 0 atom stereocenters. The molecule has 1 fully saturated rings. The van der Waals surface area contributed by atoms with Gasteiger partial charge in [0.2, 0.25) is 15.9 Å². The summed E-state index contributed by atoms with van der Waals surface area (Å²) in [5.41, 5.74) is 1.12. The Kier molecular flexibility index (Phi) is 7.25. The normalized spacial score (nSPS) is 15.8. The molecule has 1 aliphatic heterocycles. The fourth-order valence-corrected chi connectivity index (χ4v) is 3.94. The Morgan fingerprint density at radius 1 is 1.06 bits per heavy atom. The molecule has 3 rings (SSSR count). The van der Waals surface area contributed by atoms with Crippen molar-refractivity contribution in [1.29, 1.82) is 0 Å². The van der Waals surface area contributed by atoms with Crippen LogP contribution in [0.4, 0.5) is 18.9 Å². The van der Waals surface area contributed by atoms with Crippen molar-refractivity contribution in [2.24, 2.45) is 0 Å². The maximum absolute atomic E-state index is 12.9. The number of hydrogen-bond acceptors (Lipinski definition) is 4. The first-order chi connectivity index (χ1) is 15.0. The van der Waals surface area contributed by atoms with E-state index in [0.29, 0.717) is 44.0 Å². The average Bonchev–Trinajstić information content (AvgIpc) is 2.72. The van der Waals surface area contributed by atoms with Crippen molar-refractivity contribution < 1.29 is 26.4 Å². The zero-order chi connectivity index (χ0) is 23.4. The highest BCUT2D eigenvalue weighted by molar-refractivity contribution is 7.92. The Morgan fingerprint density at radius 3 is 2.31 bits per heavy atom. The molecule has 10 heteroatoms. The van der Waals surface area contributed by atoms with Gasteiger partial charge < -0.3 is 4.90 Å². The van der Waals surface area contributed by atoms with Gasteiger partial charge in [0.25, 0.3) is 0 Å². The number of carbonyl (C=O) groups is 1. The van der Waals surface area contributed by atoms with E-state index in [1.54, 1.807) is 41.3 Å². The van der Waals surface area contributed by atoms with Gasteiger partial charge in [-0.1, -0.05) is 30.3 Å². The lowest BCUT2D eigenvalue weighted by Crippen LogP contribution is -2.47. The molecule has 2 aromatic rings. The van der Waals surface area contributed by atoms with Crippen molar-refractivity contribution in [3.63, 3.8) is 0 Å². The Bertz CT molecular complexity index is 1080.